The molecule has 1 unspecified atom stereocenters. The van der Waals surface area contributed by atoms with E-state index in [0.29, 0.717) is 5.92 Å². The quantitative estimate of drug-likeness (QED) is 0.709. The zero-order chi connectivity index (χ0) is 14.4. The molecule has 0 fully saturated rings. The van der Waals surface area contributed by atoms with Crippen molar-refractivity contribution in [2.24, 2.45) is 7.05 Å². The lowest BCUT2D eigenvalue weighted by molar-refractivity contribution is 0.422. The van der Waals surface area contributed by atoms with Crippen LogP contribution in [0.15, 0.2) is 24.5 Å². The smallest absolute Gasteiger partial charge is 0.153 e. The van der Waals surface area contributed by atoms with Crippen molar-refractivity contribution in [1.82, 2.24) is 34.3 Å². The number of hydrogen-bond donors (Lipinski definition) is 0. The Kier molecular flexibility index (Phi) is 2.66. The fourth-order valence-electron chi connectivity index (χ4n) is 3.03. The zero-order valence-electron chi connectivity index (χ0n) is 12.1. The summed E-state index contributed by atoms with van der Waals surface area (Å²) in [5.41, 5.74) is 1.27. The molecule has 3 aromatic heterocycles. The van der Waals surface area contributed by atoms with Crippen LogP contribution < -0.4 is 0 Å². The summed E-state index contributed by atoms with van der Waals surface area (Å²) in [6.07, 6.45) is 5.64. The van der Waals surface area contributed by atoms with E-state index in [1.165, 1.54) is 5.69 Å². The minimum Gasteiger partial charge on any atom is -0.270 e. The normalized spacial score (nSPS) is 17.9. The molecule has 0 saturated heterocycles. The maximum atomic E-state index is 4.67. The van der Waals surface area contributed by atoms with Crippen molar-refractivity contribution in [1.29, 1.82) is 0 Å². The second kappa shape index (κ2) is 4.54. The molecule has 3 aromatic rings. The van der Waals surface area contributed by atoms with Crippen molar-refractivity contribution < 1.29 is 0 Å². The third-order valence-electron chi connectivity index (χ3n) is 4.06. The Balaban J connectivity index is 1.75. The van der Waals surface area contributed by atoms with Crippen LogP contribution in [-0.4, -0.2) is 34.3 Å². The van der Waals surface area contributed by atoms with Gasteiger partial charge in [0.15, 0.2) is 5.82 Å². The van der Waals surface area contributed by atoms with Gasteiger partial charge in [-0.3, -0.25) is 9.36 Å². The van der Waals surface area contributed by atoms with E-state index < -0.39 is 0 Å². The van der Waals surface area contributed by atoms with Crippen molar-refractivity contribution in [2.75, 3.05) is 0 Å². The molecular weight excluding hydrogens is 266 g/mol. The molecule has 108 valence electrons. The van der Waals surface area contributed by atoms with E-state index in [-0.39, 0.29) is 0 Å². The Labute approximate surface area is 122 Å². The molecule has 0 aliphatic carbocycles. The highest BCUT2D eigenvalue weighted by molar-refractivity contribution is 5.24. The molecule has 4 rings (SSSR count). The third-order valence-corrected chi connectivity index (χ3v) is 4.06. The molecule has 4 heterocycles. The van der Waals surface area contributed by atoms with Gasteiger partial charge in [0.1, 0.15) is 11.6 Å². The number of aromatic nitrogens is 7. The van der Waals surface area contributed by atoms with Gasteiger partial charge in [0, 0.05) is 37.5 Å². The van der Waals surface area contributed by atoms with Crippen LogP contribution in [0.5, 0.6) is 0 Å². The highest BCUT2D eigenvalue weighted by atomic mass is 15.4. The Morgan fingerprint density at radius 3 is 2.86 bits per heavy atom. The molecular formula is C14H17N7. The molecule has 7 nitrogen and oxygen atoms in total. The van der Waals surface area contributed by atoms with E-state index in [0.717, 1.165) is 36.9 Å². The van der Waals surface area contributed by atoms with Gasteiger partial charge >= 0.3 is 0 Å². The molecule has 0 bridgehead atoms. The van der Waals surface area contributed by atoms with Crippen molar-refractivity contribution in [3.05, 3.63) is 41.9 Å². The van der Waals surface area contributed by atoms with Crippen LogP contribution in [-0.2, 0) is 20.0 Å². The number of fused-ring (bicyclic) bond motifs is 1. The number of nitrogens with zero attached hydrogens (tertiary/aromatic N) is 7. The summed E-state index contributed by atoms with van der Waals surface area (Å²) >= 11 is 0. The first-order valence-electron chi connectivity index (χ1n) is 7.15. The minimum atomic E-state index is 0.366. The summed E-state index contributed by atoms with van der Waals surface area (Å²) in [7, 11) is 1.92. The SMILES string of the molecule is Cc1nc(C2CCn3nccc3C2)n(-c2ccnn2C)n1. The monoisotopic (exact) mass is 283 g/mol. The lowest BCUT2D eigenvalue weighted by Crippen LogP contribution is -2.21. The van der Waals surface area contributed by atoms with Crippen LogP contribution in [0, 0.1) is 6.92 Å². The Morgan fingerprint density at radius 2 is 2.05 bits per heavy atom. The predicted octanol–water partition coefficient (Wildman–Crippen LogP) is 1.24. The largest absolute Gasteiger partial charge is 0.270 e. The van der Waals surface area contributed by atoms with Gasteiger partial charge in [-0.2, -0.15) is 14.9 Å². The van der Waals surface area contributed by atoms with E-state index in [9.17, 15) is 0 Å². The number of hydrogen-bond acceptors (Lipinski definition) is 4. The van der Waals surface area contributed by atoms with Crippen LogP contribution >= 0.6 is 0 Å². The second-order valence-corrected chi connectivity index (χ2v) is 5.48. The summed E-state index contributed by atoms with van der Waals surface area (Å²) in [6, 6.07) is 4.05. The van der Waals surface area contributed by atoms with Gasteiger partial charge in [0.05, 0.1) is 6.20 Å². The second-order valence-electron chi connectivity index (χ2n) is 5.48. The third kappa shape index (κ3) is 1.96. The molecule has 0 saturated carbocycles. The van der Waals surface area contributed by atoms with Crippen LogP contribution in [0.25, 0.3) is 5.82 Å². The fraction of sp³-hybridized carbons (Fsp3) is 0.429. The first-order chi connectivity index (χ1) is 10.2. The van der Waals surface area contributed by atoms with Crippen molar-refractivity contribution >= 4 is 0 Å². The Morgan fingerprint density at radius 1 is 1.19 bits per heavy atom. The summed E-state index contributed by atoms with van der Waals surface area (Å²) < 4.78 is 5.83. The fourth-order valence-corrected chi connectivity index (χ4v) is 3.03. The zero-order valence-corrected chi connectivity index (χ0v) is 12.1. The van der Waals surface area contributed by atoms with Crippen molar-refractivity contribution in [3.8, 4) is 5.82 Å². The molecule has 0 radical (unpaired) electrons. The van der Waals surface area contributed by atoms with Crippen LogP contribution in [0.3, 0.4) is 0 Å². The first kappa shape index (κ1) is 12.3. The summed E-state index contributed by atoms with van der Waals surface area (Å²) in [5.74, 6) is 3.13. The topological polar surface area (TPSA) is 66.3 Å². The van der Waals surface area contributed by atoms with Gasteiger partial charge in [-0.25, -0.2) is 4.98 Å². The Bertz CT molecular complexity index is 779. The van der Waals surface area contributed by atoms with Gasteiger partial charge in [-0.15, -0.1) is 5.10 Å². The average Bonchev–Trinajstić information content (AvgIpc) is 3.16. The van der Waals surface area contributed by atoms with Crippen molar-refractivity contribution in [3.63, 3.8) is 0 Å². The lowest BCUT2D eigenvalue weighted by atomic mass is 9.95. The van der Waals surface area contributed by atoms with Gasteiger partial charge in [-0.05, 0) is 25.8 Å². The molecule has 7 heteroatoms. The molecule has 0 N–H and O–H groups in total. The first-order valence-corrected chi connectivity index (χ1v) is 7.15. The van der Waals surface area contributed by atoms with Crippen LogP contribution in [0.1, 0.15) is 29.7 Å². The number of rotatable bonds is 2. The molecule has 0 spiro atoms. The minimum absolute atomic E-state index is 0.366. The van der Waals surface area contributed by atoms with Crippen LogP contribution in [0.4, 0.5) is 0 Å². The molecule has 1 aliphatic heterocycles. The summed E-state index contributed by atoms with van der Waals surface area (Å²) in [5, 5.41) is 13.1. The maximum absolute atomic E-state index is 4.67. The highest BCUT2D eigenvalue weighted by Gasteiger charge is 2.26. The van der Waals surface area contributed by atoms with Gasteiger partial charge in [0.25, 0.3) is 0 Å². The average molecular weight is 283 g/mol. The highest BCUT2D eigenvalue weighted by Crippen LogP contribution is 2.29. The van der Waals surface area contributed by atoms with Crippen LogP contribution in [0.2, 0.25) is 0 Å². The van der Waals surface area contributed by atoms with Gasteiger partial charge in [0.2, 0.25) is 0 Å². The molecule has 0 amide bonds. The Hall–Kier alpha value is -2.44. The van der Waals surface area contributed by atoms with E-state index in [1.54, 1.807) is 6.20 Å². The van der Waals surface area contributed by atoms with Gasteiger partial charge in [-0.1, -0.05) is 0 Å². The predicted molar refractivity (Wildman–Crippen MR) is 76.2 cm³/mol. The molecule has 1 atom stereocenters. The van der Waals surface area contributed by atoms with E-state index in [2.05, 4.69) is 31.0 Å². The molecule has 0 aromatic carbocycles. The summed E-state index contributed by atoms with van der Waals surface area (Å²) in [6.45, 7) is 2.87. The summed E-state index contributed by atoms with van der Waals surface area (Å²) in [4.78, 5) is 4.67. The maximum Gasteiger partial charge on any atom is 0.153 e. The standard InChI is InChI=1S/C14H17N7/c1-10-17-14(21(18-10)13-4-7-15-19(13)2)11-5-8-20-12(9-11)3-6-16-20/h3-4,6-7,11H,5,8-9H2,1-2H3. The van der Waals surface area contributed by atoms with E-state index in [1.807, 2.05) is 35.6 Å². The lowest BCUT2D eigenvalue weighted by Gasteiger charge is -2.22. The van der Waals surface area contributed by atoms with E-state index >= 15 is 0 Å². The molecule has 21 heavy (non-hydrogen) atoms. The van der Waals surface area contributed by atoms with Crippen molar-refractivity contribution in [2.45, 2.75) is 32.2 Å². The van der Waals surface area contributed by atoms with Gasteiger partial charge < -0.3 is 0 Å². The van der Waals surface area contributed by atoms with E-state index in [4.69, 9.17) is 0 Å². The molecule has 1 aliphatic rings. The number of aryl methyl sites for hydroxylation is 3.